The van der Waals surface area contributed by atoms with Crippen molar-refractivity contribution < 1.29 is 28.2 Å². The smallest absolute Gasteiger partial charge is 0.415 e. The number of nitrogens with zero attached hydrogens (tertiary/aromatic N) is 3. The molecule has 0 radical (unpaired) electrons. The summed E-state index contributed by atoms with van der Waals surface area (Å²) < 4.78 is 25.1. The minimum atomic E-state index is -0.524. The fraction of sp³-hybridized carbons (Fsp3) is 0.364. The van der Waals surface area contributed by atoms with Crippen molar-refractivity contribution in [2.24, 2.45) is 0 Å². The van der Waals surface area contributed by atoms with Crippen LogP contribution in [-0.4, -0.2) is 55.7 Å². The largest absolute Gasteiger partial charge is 0.480 e. The normalized spacial score (nSPS) is 19.2. The van der Waals surface area contributed by atoms with E-state index in [1.807, 2.05) is 0 Å². The molecule has 1 saturated heterocycles. The Morgan fingerprint density at radius 1 is 1.24 bits per heavy atom. The molecule has 5 rings (SSSR count). The molecule has 2 aromatic rings. The third kappa shape index (κ3) is 3.95. The highest BCUT2D eigenvalue weighted by molar-refractivity contribution is 6.01. The van der Waals surface area contributed by atoms with E-state index in [4.69, 9.17) is 9.47 Å². The number of pyridine rings is 1. The number of fused-ring (bicyclic) bond motifs is 2. The molecule has 0 spiro atoms. The average Bonchev–Trinajstić information content (AvgIpc) is 3.30. The molecule has 11 heteroatoms. The summed E-state index contributed by atoms with van der Waals surface area (Å²) >= 11 is 0. The lowest BCUT2D eigenvalue weighted by atomic mass is 10.0. The Morgan fingerprint density at radius 3 is 2.94 bits per heavy atom. The van der Waals surface area contributed by atoms with Crippen LogP contribution in [0.15, 0.2) is 24.3 Å². The molecule has 0 bridgehead atoms. The Morgan fingerprint density at radius 2 is 2.09 bits per heavy atom. The Bertz CT molecular complexity index is 1160. The van der Waals surface area contributed by atoms with Gasteiger partial charge in [-0.15, -0.1) is 0 Å². The molecule has 1 atom stereocenters. The number of anilines is 3. The van der Waals surface area contributed by atoms with Gasteiger partial charge in [0, 0.05) is 24.8 Å². The van der Waals surface area contributed by atoms with Crippen molar-refractivity contribution in [2.45, 2.75) is 25.5 Å². The van der Waals surface area contributed by atoms with Gasteiger partial charge in [-0.05, 0) is 42.8 Å². The number of carbonyl (C=O) groups excluding carboxylic acids is 3. The summed E-state index contributed by atoms with van der Waals surface area (Å²) in [5, 5.41) is 5.80. The lowest BCUT2D eigenvalue weighted by Gasteiger charge is -2.19. The van der Waals surface area contributed by atoms with Gasteiger partial charge in [0.05, 0.1) is 13.0 Å². The van der Waals surface area contributed by atoms with Crippen LogP contribution in [0.5, 0.6) is 5.75 Å². The first-order valence-electron chi connectivity index (χ1n) is 10.6. The van der Waals surface area contributed by atoms with Gasteiger partial charge in [0.25, 0.3) is 5.91 Å². The van der Waals surface area contributed by atoms with Crippen molar-refractivity contribution in [3.8, 4) is 5.75 Å². The molecule has 33 heavy (non-hydrogen) atoms. The average molecular weight is 455 g/mol. The van der Waals surface area contributed by atoms with E-state index in [0.717, 1.165) is 5.69 Å². The SMILES string of the molecule is CN1C(=O)Cc2c1ccc(F)c2CNCCC1CN(c2ccc3c(n2)NC(=O)CO3)C(=O)O1. The zero-order valence-corrected chi connectivity index (χ0v) is 17.9. The molecule has 1 unspecified atom stereocenters. The second-order valence-corrected chi connectivity index (χ2v) is 8.09. The van der Waals surface area contributed by atoms with Crippen molar-refractivity contribution in [1.82, 2.24) is 10.3 Å². The molecule has 4 heterocycles. The molecule has 0 aliphatic carbocycles. The van der Waals surface area contributed by atoms with E-state index in [2.05, 4.69) is 15.6 Å². The van der Waals surface area contributed by atoms with E-state index >= 15 is 0 Å². The summed E-state index contributed by atoms with van der Waals surface area (Å²) in [6, 6.07) is 6.28. The van der Waals surface area contributed by atoms with E-state index in [-0.39, 0.29) is 49.1 Å². The predicted octanol–water partition coefficient (Wildman–Crippen LogP) is 1.58. The second kappa shape index (κ2) is 8.32. The summed E-state index contributed by atoms with van der Waals surface area (Å²) in [6.07, 6.45) is -0.186. The molecule has 1 aromatic carbocycles. The highest BCUT2D eigenvalue weighted by atomic mass is 19.1. The minimum absolute atomic E-state index is 0.0586. The molecule has 3 aliphatic rings. The maximum absolute atomic E-state index is 14.4. The van der Waals surface area contributed by atoms with Gasteiger partial charge >= 0.3 is 6.09 Å². The Labute approximate surface area is 188 Å². The summed E-state index contributed by atoms with van der Waals surface area (Å²) in [5.41, 5.74) is 1.93. The fourth-order valence-electron chi connectivity index (χ4n) is 4.20. The van der Waals surface area contributed by atoms with Crippen molar-refractivity contribution in [3.05, 3.63) is 41.2 Å². The van der Waals surface area contributed by atoms with Gasteiger partial charge in [-0.2, -0.15) is 0 Å². The first-order valence-corrected chi connectivity index (χ1v) is 10.6. The van der Waals surface area contributed by atoms with Gasteiger partial charge in [-0.1, -0.05) is 0 Å². The lowest BCUT2D eigenvalue weighted by Crippen LogP contribution is -2.29. The van der Waals surface area contributed by atoms with E-state index in [1.165, 1.54) is 15.9 Å². The number of nitrogens with one attached hydrogen (secondary N) is 2. The van der Waals surface area contributed by atoms with Gasteiger partial charge in [-0.25, -0.2) is 14.2 Å². The van der Waals surface area contributed by atoms with Crippen LogP contribution in [0.1, 0.15) is 17.5 Å². The van der Waals surface area contributed by atoms with Crippen LogP contribution in [-0.2, 0) is 27.3 Å². The maximum Gasteiger partial charge on any atom is 0.415 e. The molecule has 1 fully saturated rings. The lowest BCUT2D eigenvalue weighted by molar-refractivity contribution is -0.119. The number of likely N-dealkylation sites (N-methyl/N-ethyl adjacent to an activating group) is 1. The number of hydrogen-bond acceptors (Lipinski definition) is 7. The molecular formula is C22H22FN5O5. The van der Waals surface area contributed by atoms with Gasteiger partial charge in [0.1, 0.15) is 17.7 Å². The number of rotatable bonds is 6. The number of halogens is 1. The van der Waals surface area contributed by atoms with Crippen LogP contribution in [0.25, 0.3) is 0 Å². The van der Waals surface area contributed by atoms with E-state index in [0.29, 0.717) is 42.2 Å². The van der Waals surface area contributed by atoms with Crippen molar-refractivity contribution in [3.63, 3.8) is 0 Å². The molecule has 1 aromatic heterocycles. The molecule has 3 aliphatic heterocycles. The Kier molecular flexibility index (Phi) is 5.33. The van der Waals surface area contributed by atoms with Crippen LogP contribution in [0.3, 0.4) is 0 Å². The van der Waals surface area contributed by atoms with E-state index in [1.54, 1.807) is 25.2 Å². The Hall–Kier alpha value is -3.73. The first-order chi connectivity index (χ1) is 15.9. The summed E-state index contributed by atoms with van der Waals surface area (Å²) in [7, 11) is 1.68. The van der Waals surface area contributed by atoms with Crippen LogP contribution in [0.2, 0.25) is 0 Å². The highest BCUT2D eigenvalue weighted by Crippen LogP contribution is 2.32. The number of hydrogen-bond donors (Lipinski definition) is 2. The standard InChI is InChI=1S/C22H22FN5O5/c1-27-16-3-2-15(23)14(13(16)8-20(27)30)9-24-7-6-12-10-28(22(31)33-12)18-5-4-17-21(25-18)26-19(29)11-32-17/h2-5,12,24H,6-11H2,1H3,(H,25,26,29). The number of amides is 3. The summed E-state index contributed by atoms with van der Waals surface area (Å²) in [6.45, 7) is 0.986. The number of cyclic esters (lactones) is 1. The van der Waals surface area contributed by atoms with Crippen LogP contribution in [0.4, 0.5) is 26.5 Å². The minimum Gasteiger partial charge on any atom is -0.480 e. The summed E-state index contributed by atoms with van der Waals surface area (Å²) in [4.78, 5) is 43.1. The zero-order valence-electron chi connectivity index (χ0n) is 17.9. The molecule has 10 nitrogen and oxygen atoms in total. The topological polar surface area (TPSA) is 113 Å². The molecule has 3 amide bonds. The third-order valence-electron chi connectivity index (χ3n) is 5.97. The number of ether oxygens (including phenoxy) is 2. The monoisotopic (exact) mass is 455 g/mol. The van der Waals surface area contributed by atoms with Gasteiger partial charge in [-0.3, -0.25) is 14.5 Å². The van der Waals surface area contributed by atoms with E-state index in [9.17, 15) is 18.8 Å². The zero-order chi connectivity index (χ0) is 23.1. The number of aromatic nitrogens is 1. The third-order valence-corrected chi connectivity index (χ3v) is 5.97. The number of benzene rings is 1. The van der Waals surface area contributed by atoms with Crippen LogP contribution in [0, 0.1) is 5.82 Å². The Balaban J connectivity index is 1.17. The van der Waals surface area contributed by atoms with Crippen molar-refractivity contribution in [1.29, 1.82) is 0 Å². The van der Waals surface area contributed by atoms with Crippen LogP contribution < -0.4 is 25.2 Å². The molecule has 172 valence electrons. The quantitative estimate of drug-likeness (QED) is 0.636. The van der Waals surface area contributed by atoms with Crippen molar-refractivity contribution >= 4 is 35.2 Å². The fourth-order valence-corrected chi connectivity index (χ4v) is 4.20. The second-order valence-electron chi connectivity index (χ2n) is 8.09. The molecule has 0 saturated carbocycles. The summed E-state index contributed by atoms with van der Waals surface area (Å²) in [5.74, 6) is 0.351. The highest BCUT2D eigenvalue weighted by Gasteiger charge is 2.34. The van der Waals surface area contributed by atoms with Crippen molar-refractivity contribution in [2.75, 3.05) is 41.9 Å². The van der Waals surface area contributed by atoms with E-state index < -0.39 is 6.09 Å². The first kappa shape index (κ1) is 21.1. The molecule has 2 N–H and O–H groups in total. The van der Waals surface area contributed by atoms with Gasteiger partial charge in [0.2, 0.25) is 5.91 Å². The van der Waals surface area contributed by atoms with Crippen LogP contribution >= 0.6 is 0 Å². The van der Waals surface area contributed by atoms with Gasteiger partial charge < -0.3 is 25.0 Å². The number of carbonyl (C=O) groups is 3. The maximum atomic E-state index is 14.4. The predicted molar refractivity (Wildman–Crippen MR) is 116 cm³/mol. The van der Waals surface area contributed by atoms with Gasteiger partial charge in [0.15, 0.2) is 18.2 Å². The molecular weight excluding hydrogens is 433 g/mol.